The molecule has 0 bridgehead atoms. The average Bonchev–Trinajstić information content (AvgIpc) is 3.11. The maximum atomic E-state index is 4.70. The Balaban J connectivity index is 1.78. The van der Waals surface area contributed by atoms with Crippen molar-refractivity contribution < 1.29 is 0 Å². The lowest BCUT2D eigenvalue weighted by molar-refractivity contribution is 0.224. The van der Waals surface area contributed by atoms with Crippen LogP contribution in [0, 0.1) is 5.92 Å². The number of hydrogen-bond donors (Lipinski definition) is 1. The molecule has 1 unspecified atom stereocenters. The third-order valence-corrected chi connectivity index (χ3v) is 4.61. The minimum atomic E-state index is 0.702. The highest BCUT2D eigenvalue weighted by molar-refractivity contribution is 7.09. The molecule has 0 saturated heterocycles. The molecule has 2 rings (SSSR count). The molecule has 0 aliphatic heterocycles. The maximum absolute atomic E-state index is 4.70. The smallest absolute Gasteiger partial charge is 0.107 e. The molecule has 0 spiro atoms. The van der Waals surface area contributed by atoms with Gasteiger partial charge in [0.15, 0.2) is 0 Å². The Morgan fingerprint density at radius 2 is 2.33 bits per heavy atom. The standard InChI is InChI=1S/C14H25N3S/c1-4-7-15-8-14-16-13(10-18-14)9-17(3)11(2)12-5-6-12/h10-12,15H,4-9H2,1-3H3. The van der Waals surface area contributed by atoms with Gasteiger partial charge in [-0.15, -0.1) is 11.3 Å². The summed E-state index contributed by atoms with van der Waals surface area (Å²) in [5.74, 6) is 0.930. The Morgan fingerprint density at radius 3 is 3.00 bits per heavy atom. The van der Waals surface area contributed by atoms with Crippen LogP contribution in [0.5, 0.6) is 0 Å². The fraction of sp³-hybridized carbons (Fsp3) is 0.786. The van der Waals surface area contributed by atoms with Crippen molar-refractivity contribution in [3.63, 3.8) is 0 Å². The van der Waals surface area contributed by atoms with E-state index in [4.69, 9.17) is 4.98 Å². The monoisotopic (exact) mass is 267 g/mol. The maximum Gasteiger partial charge on any atom is 0.107 e. The largest absolute Gasteiger partial charge is 0.310 e. The molecular weight excluding hydrogens is 242 g/mol. The second-order valence-corrected chi connectivity index (χ2v) is 6.35. The Bertz CT molecular complexity index is 360. The molecule has 1 aliphatic carbocycles. The Morgan fingerprint density at radius 1 is 1.56 bits per heavy atom. The summed E-state index contributed by atoms with van der Waals surface area (Å²) in [6, 6.07) is 0.702. The molecular formula is C14H25N3S. The van der Waals surface area contributed by atoms with Crippen LogP contribution in [0.3, 0.4) is 0 Å². The zero-order chi connectivity index (χ0) is 13.0. The molecule has 1 aliphatic rings. The van der Waals surface area contributed by atoms with E-state index < -0.39 is 0 Å². The zero-order valence-electron chi connectivity index (χ0n) is 11.8. The predicted octanol–water partition coefficient (Wildman–Crippen LogP) is 2.87. The first kappa shape index (κ1) is 14.0. The second kappa shape index (κ2) is 6.64. The quantitative estimate of drug-likeness (QED) is 0.734. The van der Waals surface area contributed by atoms with E-state index in [1.165, 1.54) is 30.0 Å². The molecule has 1 saturated carbocycles. The van der Waals surface area contributed by atoms with Crippen LogP contribution in [0.4, 0.5) is 0 Å². The van der Waals surface area contributed by atoms with Crippen molar-refractivity contribution in [3.8, 4) is 0 Å². The van der Waals surface area contributed by atoms with E-state index in [0.29, 0.717) is 6.04 Å². The Hall–Kier alpha value is -0.450. The summed E-state index contributed by atoms with van der Waals surface area (Å²) >= 11 is 1.78. The molecule has 1 aromatic rings. The van der Waals surface area contributed by atoms with Gasteiger partial charge in [-0.25, -0.2) is 4.98 Å². The van der Waals surface area contributed by atoms with Crippen LogP contribution in [0.2, 0.25) is 0 Å². The van der Waals surface area contributed by atoms with Crippen LogP contribution in [0.1, 0.15) is 43.8 Å². The molecule has 0 amide bonds. The molecule has 1 heterocycles. The lowest BCUT2D eigenvalue weighted by Gasteiger charge is -2.23. The van der Waals surface area contributed by atoms with Crippen molar-refractivity contribution in [1.82, 2.24) is 15.2 Å². The van der Waals surface area contributed by atoms with Crippen LogP contribution >= 0.6 is 11.3 Å². The number of thiazole rings is 1. The van der Waals surface area contributed by atoms with E-state index in [0.717, 1.165) is 25.6 Å². The number of hydrogen-bond acceptors (Lipinski definition) is 4. The van der Waals surface area contributed by atoms with Crippen LogP contribution in [0.15, 0.2) is 5.38 Å². The SMILES string of the molecule is CCCNCc1nc(CN(C)C(C)C2CC2)cs1. The van der Waals surface area contributed by atoms with Crippen LogP contribution < -0.4 is 5.32 Å². The molecule has 4 heteroatoms. The fourth-order valence-corrected chi connectivity index (χ4v) is 2.97. The molecule has 102 valence electrons. The summed E-state index contributed by atoms with van der Waals surface area (Å²) in [7, 11) is 2.22. The average molecular weight is 267 g/mol. The molecule has 1 aromatic heterocycles. The van der Waals surface area contributed by atoms with Crippen molar-refractivity contribution >= 4 is 11.3 Å². The first-order valence-corrected chi connectivity index (χ1v) is 7.93. The highest BCUT2D eigenvalue weighted by Gasteiger charge is 2.30. The third-order valence-electron chi connectivity index (χ3n) is 3.71. The molecule has 1 N–H and O–H groups in total. The van der Waals surface area contributed by atoms with Crippen LogP contribution in [-0.2, 0) is 13.1 Å². The van der Waals surface area contributed by atoms with Gasteiger partial charge in [-0.05, 0) is 45.7 Å². The minimum absolute atomic E-state index is 0.702. The summed E-state index contributed by atoms with van der Waals surface area (Å²) in [4.78, 5) is 7.14. The molecule has 18 heavy (non-hydrogen) atoms. The number of aromatic nitrogens is 1. The van der Waals surface area contributed by atoms with E-state index in [1.807, 2.05) is 0 Å². The van der Waals surface area contributed by atoms with Gasteiger partial charge in [0.1, 0.15) is 5.01 Å². The van der Waals surface area contributed by atoms with Gasteiger partial charge in [-0.2, -0.15) is 0 Å². The fourth-order valence-electron chi connectivity index (χ4n) is 2.21. The summed E-state index contributed by atoms with van der Waals surface area (Å²) in [5, 5.41) is 6.82. The lowest BCUT2D eigenvalue weighted by Crippen LogP contribution is -2.30. The predicted molar refractivity (Wildman–Crippen MR) is 77.8 cm³/mol. The molecule has 1 fully saturated rings. The Kier molecular flexibility index (Phi) is 5.15. The molecule has 3 nitrogen and oxygen atoms in total. The van der Waals surface area contributed by atoms with E-state index in [2.05, 4.69) is 36.5 Å². The van der Waals surface area contributed by atoms with Gasteiger partial charge in [-0.3, -0.25) is 4.90 Å². The van der Waals surface area contributed by atoms with E-state index >= 15 is 0 Å². The first-order chi connectivity index (χ1) is 8.70. The summed E-state index contributed by atoms with van der Waals surface area (Å²) in [5.41, 5.74) is 1.23. The van der Waals surface area contributed by atoms with Crippen molar-refractivity contribution in [2.45, 2.75) is 52.2 Å². The second-order valence-electron chi connectivity index (χ2n) is 5.40. The van der Waals surface area contributed by atoms with Gasteiger partial charge in [-0.1, -0.05) is 6.92 Å². The van der Waals surface area contributed by atoms with E-state index in [1.54, 1.807) is 11.3 Å². The van der Waals surface area contributed by atoms with E-state index in [-0.39, 0.29) is 0 Å². The third kappa shape index (κ3) is 4.04. The van der Waals surface area contributed by atoms with Gasteiger partial charge in [0.25, 0.3) is 0 Å². The van der Waals surface area contributed by atoms with Gasteiger partial charge < -0.3 is 5.32 Å². The number of rotatable bonds is 8. The van der Waals surface area contributed by atoms with Crippen molar-refractivity contribution in [2.75, 3.05) is 13.6 Å². The highest BCUT2D eigenvalue weighted by Crippen LogP contribution is 2.35. The van der Waals surface area contributed by atoms with Crippen molar-refractivity contribution in [3.05, 3.63) is 16.1 Å². The normalized spacial score (nSPS) is 17.3. The van der Waals surface area contributed by atoms with Gasteiger partial charge >= 0.3 is 0 Å². The van der Waals surface area contributed by atoms with Crippen LogP contribution in [0.25, 0.3) is 0 Å². The van der Waals surface area contributed by atoms with Gasteiger partial charge in [0.2, 0.25) is 0 Å². The summed E-state index contributed by atoms with van der Waals surface area (Å²) in [6.45, 7) is 7.51. The molecule has 1 atom stereocenters. The highest BCUT2D eigenvalue weighted by atomic mass is 32.1. The lowest BCUT2D eigenvalue weighted by atomic mass is 10.2. The van der Waals surface area contributed by atoms with Crippen molar-refractivity contribution in [1.29, 1.82) is 0 Å². The molecule has 0 radical (unpaired) electrons. The summed E-state index contributed by atoms with van der Waals surface area (Å²) < 4.78 is 0. The van der Waals surface area contributed by atoms with Crippen molar-refractivity contribution in [2.24, 2.45) is 5.92 Å². The topological polar surface area (TPSA) is 28.2 Å². The first-order valence-electron chi connectivity index (χ1n) is 7.05. The van der Waals surface area contributed by atoms with Gasteiger partial charge in [0.05, 0.1) is 5.69 Å². The van der Waals surface area contributed by atoms with Gasteiger partial charge in [0, 0.05) is 24.5 Å². The number of nitrogens with zero attached hydrogens (tertiary/aromatic N) is 2. The molecule has 0 aromatic carbocycles. The summed E-state index contributed by atoms with van der Waals surface area (Å²) in [6.07, 6.45) is 4.00. The van der Waals surface area contributed by atoms with E-state index in [9.17, 15) is 0 Å². The van der Waals surface area contributed by atoms with Crippen LogP contribution in [-0.4, -0.2) is 29.5 Å². The zero-order valence-corrected chi connectivity index (χ0v) is 12.6. The number of nitrogens with one attached hydrogen (secondary N) is 1. The Labute approximate surface area is 115 Å². The minimum Gasteiger partial charge on any atom is -0.310 e.